The van der Waals surface area contributed by atoms with Crippen LogP contribution in [0.25, 0.3) is 0 Å². The lowest BCUT2D eigenvalue weighted by atomic mass is 9.78. The van der Waals surface area contributed by atoms with Crippen LogP contribution in [-0.4, -0.2) is 22.1 Å². The second kappa shape index (κ2) is 7.08. The lowest BCUT2D eigenvalue weighted by Gasteiger charge is -2.26. The Labute approximate surface area is 154 Å². The number of aromatic nitrogens is 2. The molecule has 0 radical (unpaired) electrons. The Hall–Kier alpha value is -2.40. The van der Waals surface area contributed by atoms with Crippen LogP contribution in [-0.2, 0) is 18.5 Å². The molecule has 0 atom stereocenters. The van der Waals surface area contributed by atoms with Crippen molar-refractivity contribution in [2.24, 2.45) is 0 Å². The third kappa shape index (κ3) is 3.31. The topological polar surface area (TPSA) is 55.3 Å². The second-order valence-electron chi connectivity index (χ2n) is 7.42. The van der Waals surface area contributed by atoms with Gasteiger partial charge in [-0.05, 0) is 44.5 Å². The standard InChI is InChI=1S/C21H25N3O2/c1-16-7-9-17(10-8-16)21(11-3-4-12-21)20-22-19(26-23-20)15-24(2)14-18-6-5-13-25-18/h5-10,13H,3-4,11-12,14-15H2,1-2H3. The number of hydrogen-bond acceptors (Lipinski definition) is 5. The maximum absolute atomic E-state index is 5.60. The van der Waals surface area contributed by atoms with E-state index in [-0.39, 0.29) is 5.41 Å². The molecule has 5 nitrogen and oxygen atoms in total. The zero-order chi connectivity index (χ0) is 18.0. The molecule has 1 aromatic carbocycles. The van der Waals surface area contributed by atoms with Crippen LogP contribution in [0.2, 0.25) is 0 Å². The molecule has 0 amide bonds. The van der Waals surface area contributed by atoms with Gasteiger partial charge in [-0.2, -0.15) is 4.98 Å². The van der Waals surface area contributed by atoms with Gasteiger partial charge in [-0.15, -0.1) is 0 Å². The summed E-state index contributed by atoms with van der Waals surface area (Å²) in [6.45, 7) is 3.44. The molecule has 3 aromatic rings. The highest BCUT2D eigenvalue weighted by Gasteiger charge is 2.41. The van der Waals surface area contributed by atoms with Gasteiger partial charge in [0.1, 0.15) is 5.76 Å². The Morgan fingerprint density at radius 3 is 2.54 bits per heavy atom. The molecule has 0 spiro atoms. The first-order chi connectivity index (χ1) is 12.7. The molecule has 0 saturated heterocycles. The average molecular weight is 351 g/mol. The fourth-order valence-electron chi connectivity index (χ4n) is 3.96. The van der Waals surface area contributed by atoms with E-state index >= 15 is 0 Å². The maximum atomic E-state index is 5.60. The molecule has 2 heterocycles. The molecule has 0 unspecified atom stereocenters. The van der Waals surface area contributed by atoms with Gasteiger partial charge in [0, 0.05) is 0 Å². The largest absolute Gasteiger partial charge is 0.468 e. The van der Waals surface area contributed by atoms with Gasteiger partial charge in [0.05, 0.1) is 24.8 Å². The number of nitrogens with zero attached hydrogens (tertiary/aromatic N) is 3. The maximum Gasteiger partial charge on any atom is 0.240 e. The zero-order valence-corrected chi connectivity index (χ0v) is 15.4. The molecule has 0 aliphatic heterocycles. The smallest absolute Gasteiger partial charge is 0.240 e. The lowest BCUT2D eigenvalue weighted by molar-refractivity contribution is 0.243. The van der Waals surface area contributed by atoms with E-state index in [9.17, 15) is 0 Å². The Morgan fingerprint density at radius 1 is 1.08 bits per heavy atom. The third-order valence-electron chi connectivity index (χ3n) is 5.37. The minimum atomic E-state index is -0.102. The van der Waals surface area contributed by atoms with E-state index in [0.717, 1.165) is 24.4 Å². The first kappa shape index (κ1) is 17.0. The molecule has 1 fully saturated rings. The highest BCUT2D eigenvalue weighted by Crippen LogP contribution is 2.45. The van der Waals surface area contributed by atoms with Crippen LogP contribution < -0.4 is 0 Å². The second-order valence-corrected chi connectivity index (χ2v) is 7.42. The molecule has 1 aliphatic rings. The summed E-state index contributed by atoms with van der Waals surface area (Å²) >= 11 is 0. The third-order valence-corrected chi connectivity index (χ3v) is 5.37. The Kier molecular flexibility index (Phi) is 4.64. The van der Waals surface area contributed by atoms with Crippen molar-refractivity contribution in [3.63, 3.8) is 0 Å². The summed E-state index contributed by atoms with van der Waals surface area (Å²) in [5, 5.41) is 4.38. The van der Waals surface area contributed by atoms with Crippen molar-refractivity contribution in [3.8, 4) is 0 Å². The molecular weight excluding hydrogens is 326 g/mol. The van der Waals surface area contributed by atoms with Crippen LogP contribution in [0.4, 0.5) is 0 Å². The SMILES string of the molecule is Cc1ccc(C2(c3noc(CN(C)Cc4ccco4)n3)CCCC2)cc1. The molecular formula is C21H25N3O2. The van der Waals surface area contributed by atoms with Crippen molar-refractivity contribution in [1.82, 2.24) is 15.0 Å². The molecule has 2 aromatic heterocycles. The Morgan fingerprint density at radius 2 is 1.85 bits per heavy atom. The van der Waals surface area contributed by atoms with Crippen LogP contribution in [0.5, 0.6) is 0 Å². The van der Waals surface area contributed by atoms with Crippen molar-refractivity contribution < 1.29 is 8.94 Å². The van der Waals surface area contributed by atoms with Crippen molar-refractivity contribution in [2.75, 3.05) is 7.05 Å². The molecule has 4 rings (SSSR count). The van der Waals surface area contributed by atoms with Gasteiger partial charge in [-0.25, -0.2) is 0 Å². The predicted octanol–water partition coefficient (Wildman–Crippen LogP) is 4.46. The van der Waals surface area contributed by atoms with E-state index in [1.54, 1.807) is 6.26 Å². The van der Waals surface area contributed by atoms with Crippen molar-refractivity contribution >= 4 is 0 Å². The van der Waals surface area contributed by atoms with Crippen LogP contribution in [0.15, 0.2) is 51.6 Å². The average Bonchev–Trinajstić information content (AvgIpc) is 3.37. The molecule has 1 saturated carbocycles. The molecule has 0 bridgehead atoms. The number of furan rings is 1. The van der Waals surface area contributed by atoms with Crippen molar-refractivity contribution in [1.29, 1.82) is 0 Å². The summed E-state index contributed by atoms with van der Waals surface area (Å²) in [7, 11) is 2.03. The number of hydrogen-bond donors (Lipinski definition) is 0. The highest BCUT2D eigenvalue weighted by atomic mass is 16.5. The quantitative estimate of drug-likeness (QED) is 0.656. The Bertz CT molecular complexity index is 831. The first-order valence-electron chi connectivity index (χ1n) is 9.27. The van der Waals surface area contributed by atoms with Crippen LogP contribution >= 0.6 is 0 Å². The van der Waals surface area contributed by atoms with Gasteiger partial charge < -0.3 is 8.94 Å². The fraction of sp³-hybridized carbons (Fsp3) is 0.429. The normalized spacial score (nSPS) is 16.4. The molecule has 0 N–H and O–H groups in total. The zero-order valence-electron chi connectivity index (χ0n) is 15.4. The van der Waals surface area contributed by atoms with Gasteiger partial charge >= 0.3 is 0 Å². The van der Waals surface area contributed by atoms with Gasteiger partial charge in [0.2, 0.25) is 5.89 Å². The molecule has 26 heavy (non-hydrogen) atoms. The van der Waals surface area contributed by atoms with Gasteiger partial charge in [0.15, 0.2) is 5.82 Å². The lowest BCUT2D eigenvalue weighted by Crippen LogP contribution is -2.25. The first-order valence-corrected chi connectivity index (χ1v) is 9.27. The molecule has 136 valence electrons. The van der Waals surface area contributed by atoms with Gasteiger partial charge in [0.25, 0.3) is 0 Å². The van der Waals surface area contributed by atoms with Crippen LogP contribution in [0.1, 0.15) is 54.3 Å². The van der Waals surface area contributed by atoms with Gasteiger partial charge in [-0.1, -0.05) is 47.8 Å². The number of aryl methyl sites for hydroxylation is 1. The van der Waals surface area contributed by atoms with E-state index in [1.807, 2.05) is 19.2 Å². The Balaban J connectivity index is 1.54. The van der Waals surface area contributed by atoms with Crippen molar-refractivity contribution in [2.45, 2.75) is 51.1 Å². The minimum absolute atomic E-state index is 0.102. The predicted molar refractivity (Wildman–Crippen MR) is 98.6 cm³/mol. The van der Waals surface area contributed by atoms with E-state index in [0.29, 0.717) is 19.0 Å². The number of benzene rings is 1. The van der Waals surface area contributed by atoms with Crippen LogP contribution in [0, 0.1) is 6.92 Å². The van der Waals surface area contributed by atoms with Crippen LogP contribution in [0.3, 0.4) is 0 Å². The monoisotopic (exact) mass is 351 g/mol. The summed E-state index contributed by atoms with van der Waals surface area (Å²) in [5.74, 6) is 2.42. The molecule has 5 heteroatoms. The van der Waals surface area contributed by atoms with Crippen molar-refractivity contribution in [3.05, 3.63) is 71.3 Å². The summed E-state index contributed by atoms with van der Waals surface area (Å²) in [5.41, 5.74) is 2.47. The molecule has 1 aliphatic carbocycles. The van der Waals surface area contributed by atoms with E-state index in [4.69, 9.17) is 13.9 Å². The number of rotatable bonds is 6. The van der Waals surface area contributed by atoms with Gasteiger partial charge in [-0.3, -0.25) is 4.90 Å². The fourth-order valence-corrected chi connectivity index (χ4v) is 3.96. The summed E-state index contributed by atoms with van der Waals surface area (Å²) in [4.78, 5) is 6.90. The summed E-state index contributed by atoms with van der Waals surface area (Å²) in [6.07, 6.45) is 6.26. The minimum Gasteiger partial charge on any atom is -0.468 e. The van der Waals surface area contributed by atoms with E-state index in [1.165, 1.54) is 24.0 Å². The summed E-state index contributed by atoms with van der Waals surface area (Å²) in [6, 6.07) is 12.7. The highest BCUT2D eigenvalue weighted by molar-refractivity contribution is 5.35. The summed E-state index contributed by atoms with van der Waals surface area (Å²) < 4.78 is 11.0. The van der Waals surface area contributed by atoms with E-state index < -0.39 is 0 Å². The van der Waals surface area contributed by atoms with E-state index in [2.05, 4.69) is 41.2 Å².